The first kappa shape index (κ1) is 64.3. The van der Waals surface area contributed by atoms with Gasteiger partial charge in [0.1, 0.15) is 55.4 Å². The molecule has 0 spiro atoms. The van der Waals surface area contributed by atoms with Crippen LogP contribution in [-0.4, -0.2) is 142 Å². The summed E-state index contributed by atoms with van der Waals surface area (Å²) in [5.74, 6) is -1.10. The van der Waals surface area contributed by atoms with Crippen LogP contribution >= 0.6 is 0 Å². The third-order valence-corrected chi connectivity index (χ3v) is 11.7. The monoisotopic (exact) mass is 1010 g/mol. The lowest BCUT2D eigenvalue weighted by molar-refractivity contribution is -0.332. The van der Waals surface area contributed by atoms with Crippen molar-refractivity contribution >= 4 is 11.9 Å². The zero-order chi connectivity index (χ0) is 52.4. The summed E-state index contributed by atoms with van der Waals surface area (Å²) in [6.07, 6.45) is 38.5. The fourth-order valence-electron chi connectivity index (χ4n) is 7.43. The van der Waals surface area contributed by atoms with Crippen molar-refractivity contribution in [1.29, 1.82) is 0 Å². The molecule has 72 heavy (non-hydrogen) atoms. The first-order chi connectivity index (χ1) is 35.0. The highest BCUT2D eigenvalue weighted by Crippen LogP contribution is 2.26. The molecule has 408 valence electrons. The van der Waals surface area contributed by atoms with Gasteiger partial charge in [-0.25, -0.2) is 0 Å². The normalized spacial score (nSPS) is 25.9. The van der Waals surface area contributed by atoms with E-state index in [2.05, 4.69) is 98.9 Å². The minimum atomic E-state index is -1.79. The Kier molecular flexibility index (Phi) is 37.9. The Morgan fingerprint density at radius 2 is 0.903 bits per heavy atom. The van der Waals surface area contributed by atoms with Crippen LogP contribution < -0.4 is 0 Å². The highest BCUT2D eigenvalue weighted by molar-refractivity contribution is 5.70. The average Bonchev–Trinajstić information content (AvgIpc) is 3.37. The molecule has 0 saturated carbocycles. The van der Waals surface area contributed by atoms with E-state index in [0.717, 1.165) is 51.4 Å². The highest BCUT2D eigenvalue weighted by Gasteiger charge is 2.47. The number of aliphatic hydroxyl groups is 7. The van der Waals surface area contributed by atoms with Gasteiger partial charge in [0.15, 0.2) is 18.7 Å². The van der Waals surface area contributed by atoms with E-state index in [4.69, 9.17) is 28.4 Å². The first-order valence-electron chi connectivity index (χ1n) is 26.5. The maximum atomic E-state index is 13.0. The molecule has 2 rings (SSSR count). The zero-order valence-electron chi connectivity index (χ0n) is 43.1. The number of carbonyl (C=O) groups is 2. The summed E-state index contributed by atoms with van der Waals surface area (Å²) in [4.78, 5) is 25.7. The Morgan fingerprint density at radius 3 is 1.43 bits per heavy atom. The number of ether oxygens (including phenoxy) is 6. The van der Waals surface area contributed by atoms with E-state index in [9.17, 15) is 45.3 Å². The molecule has 0 aliphatic carbocycles. The van der Waals surface area contributed by atoms with Gasteiger partial charge in [0.05, 0.1) is 19.8 Å². The van der Waals surface area contributed by atoms with E-state index >= 15 is 0 Å². The lowest BCUT2D eigenvalue weighted by atomic mass is 9.98. The molecule has 15 heteroatoms. The molecule has 0 aromatic heterocycles. The van der Waals surface area contributed by atoms with E-state index < -0.39 is 99.3 Å². The van der Waals surface area contributed by atoms with Crippen molar-refractivity contribution in [3.63, 3.8) is 0 Å². The van der Waals surface area contributed by atoms with E-state index in [1.165, 1.54) is 38.5 Å². The SMILES string of the molecule is CC/C=C/C/C=C/C/C=C/C/C=C/C/C=C/C/C=C/CCC(=O)OC[C@@H](CO[C@@H]1O[C@H](CO[C@@H]2O[C@H](CO)[C@H](O)C(O)C2O)[C@H](O)C(O)C1O)OC(=O)CCC/C=C/C/C=C/C/C=C/CCCCCCCC. The third-order valence-electron chi connectivity index (χ3n) is 11.7. The van der Waals surface area contributed by atoms with Crippen molar-refractivity contribution in [3.8, 4) is 0 Å². The Morgan fingerprint density at radius 1 is 0.458 bits per heavy atom. The largest absolute Gasteiger partial charge is 0.462 e. The molecule has 2 aliphatic rings. The van der Waals surface area contributed by atoms with Gasteiger partial charge in [0, 0.05) is 12.8 Å². The molecule has 2 fully saturated rings. The van der Waals surface area contributed by atoms with Crippen molar-refractivity contribution in [1.82, 2.24) is 0 Å². The standard InChI is InChI=1S/C57H90O15/c1-3-5-7-9-11-13-15-17-19-21-22-24-25-27-29-31-33-35-37-39-48(59)67-42-45(70-49(60)40-38-36-34-32-30-28-26-23-20-18-16-14-12-10-8-6-4-2)43-68-56-55(66)53(64)51(62)47(72-56)44-69-57-54(65)52(63)50(61)46(41-58)71-57/h5,7,11,13,17-20,22,24,26-29,32-35,45-47,50-58,61-66H,3-4,6,8-10,12,14-16,21,23,25,30-31,36-44H2,1-2H3/b7-5+,13-11+,19-17+,20-18+,24-22+,28-26+,29-27+,34-32+,35-33+/t45-,46+,47+,50-,51-,52?,53?,54?,55?,56+,57+/m0/s1. The first-order valence-corrected chi connectivity index (χ1v) is 26.5. The lowest BCUT2D eigenvalue weighted by Gasteiger charge is -2.42. The predicted octanol–water partition coefficient (Wildman–Crippen LogP) is 7.93. The number of allylic oxidation sites excluding steroid dienone is 18. The molecule has 11 atom stereocenters. The molecule has 0 aromatic rings. The van der Waals surface area contributed by atoms with E-state index in [-0.39, 0.29) is 19.4 Å². The van der Waals surface area contributed by atoms with E-state index in [0.29, 0.717) is 25.7 Å². The van der Waals surface area contributed by atoms with Crippen LogP contribution in [0.5, 0.6) is 0 Å². The molecule has 2 saturated heterocycles. The molecule has 2 aliphatic heterocycles. The summed E-state index contributed by atoms with van der Waals surface area (Å²) in [6, 6.07) is 0. The van der Waals surface area contributed by atoms with Crippen LogP contribution in [0, 0.1) is 0 Å². The molecule has 15 nitrogen and oxygen atoms in total. The number of hydrogen-bond donors (Lipinski definition) is 7. The minimum Gasteiger partial charge on any atom is -0.462 e. The second-order valence-corrected chi connectivity index (χ2v) is 18.0. The second-order valence-electron chi connectivity index (χ2n) is 18.0. The van der Waals surface area contributed by atoms with Crippen molar-refractivity contribution in [2.75, 3.05) is 26.4 Å². The van der Waals surface area contributed by atoms with Crippen LogP contribution in [0.1, 0.15) is 142 Å². The quantitative estimate of drug-likeness (QED) is 0.0176. The maximum Gasteiger partial charge on any atom is 0.306 e. The van der Waals surface area contributed by atoms with Crippen molar-refractivity contribution in [3.05, 3.63) is 109 Å². The van der Waals surface area contributed by atoms with Crippen molar-refractivity contribution in [2.24, 2.45) is 0 Å². The van der Waals surface area contributed by atoms with Gasteiger partial charge in [-0.15, -0.1) is 0 Å². The molecule has 0 aromatic carbocycles. The van der Waals surface area contributed by atoms with Crippen molar-refractivity contribution < 1.29 is 73.8 Å². The average molecular weight is 1020 g/mol. The summed E-state index contributed by atoms with van der Waals surface area (Å²) < 4.78 is 33.4. The molecular formula is C57H90O15. The second kappa shape index (κ2) is 42.5. The Hall–Kier alpha value is -3.84. The minimum absolute atomic E-state index is 0.0710. The highest BCUT2D eigenvalue weighted by atomic mass is 16.7. The number of carbonyl (C=O) groups excluding carboxylic acids is 2. The molecule has 7 N–H and O–H groups in total. The van der Waals surface area contributed by atoms with Crippen LogP contribution in [0.25, 0.3) is 0 Å². The number of hydrogen-bond acceptors (Lipinski definition) is 15. The predicted molar refractivity (Wildman–Crippen MR) is 279 cm³/mol. The van der Waals surface area contributed by atoms with Gasteiger partial charge in [0.2, 0.25) is 0 Å². The third kappa shape index (κ3) is 29.8. The number of rotatable bonds is 39. The summed E-state index contributed by atoms with van der Waals surface area (Å²) in [7, 11) is 0. The van der Waals surface area contributed by atoms with Gasteiger partial charge in [-0.05, 0) is 83.5 Å². The van der Waals surface area contributed by atoms with Crippen LogP contribution in [0.3, 0.4) is 0 Å². The van der Waals surface area contributed by atoms with Gasteiger partial charge in [-0.3, -0.25) is 9.59 Å². The van der Waals surface area contributed by atoms with Crippen molar-refractivity contribution in [2.45, 2.75) is 210 Å². The van der Waals surface area contributed by atoms with Crippen LogP contribution in [-0.2, 0) is 38.0 Å². The van der Waals surface area contributed by atoms with Crippen LogP contribution in [0.4, 0.5) is 0 Å². The number of esters is 2. The Balaban J connectivity index is 1.86. The van der Waals surface area contributed by atoms with Gasteiger partial charge >= 0.3 is 11.9 Å². The summed E-state index contributed by atoms with van der Waals surface area (Å²) in [5, 5.41) is 72.1. The maximum absolute atomic E-state index is 13.0. The molecule has 0 bridgehead atoms. The Labute approximate surface area is 430 Å². The van der Waals surface area contributed by atoms with Gasteiger partial charge < -0.3 is 64.2 Å². The summed E-state index contributed by atoms with van der Waals surface area (Å²) in [6.45, 7) is 2.31. The summed E-state index contributed by atoms with van der Waals surface area (Å²) >= 11 is 0. The fourth-order valence-corrected chi connectivity index (χ4v) is 7.43. The smallest absolute Gasteiger partial charge is 0.306 e. The molecule has 4 unspecified atom stereocenters. The zero-order valence-corrected chi connectivity index (χ0v) is 43.1. The van der Waals surface area contributed by atoms with Gasteiger partial charge in [-0.2, -0.15) is 0 Å². The van der Waals surface area contributed by atoms with E-state index in [1.807, 2.05) is 24.3 Å². The molecule has 0 radical (unpaired) electrons. The topological polar surface area (TPSA) is 231 Å². The molecular weight excluding hydrogens is 925 g/mol. The number of aliphatic hydroxyl groups excluding tert-OH is 7. The van der Waals surface area contributed by atoms with Crippen LogP contribution in [0.15, 0.2) is 109 Å². The molecule has 0 amide bonds. The van der Waals surface area contributed by atoms with E-state index in [1.54, 1.807) is 0 Å². The van der Waals surface area contributed by atoms with Gasteiger partial charge in [-0.1, -0.05) is 155 Å². The lowest BCUT2D eigenvalue weighted by Crippen LogP contribution is -2.61. The fraction of sp³-hybridized carbons (Fsp3) is 0.649. The molecule has 2 heterocycles. The van der Waals surface area contributed by atoms with Gasteiger partial charge in [0.25, 0.3) is 0 Å². The van der Waals surface area contributed by atoms with Crippen LogP contribution in [0.2, 0.25) is 0 Å². The Bertz CT molecular complexity index is 1660. The number of unbranched alkanes of at least 4 members (excludes halogenated alkanes) is 7. The summed E-state index contributed by atoms with van der Waals surface area (Å²) in [5.41, 5.74) is 0.